The number of nitrogens with zero attached hydrogens (tertiary/aromatic N) is 1. The van der Waals surface area contributed by atoms with Gasteiger partial charge in [-0.05, 0) is 36.1 Å². The number of morpholine rings is 1. The minimum atomic E-state index is -0.350. The van der Waals surface area contributed by atoms with Crippen molar-refractivity contribution in [2.24, 2.45) is 5.92 Å². The molecule has 2 saturated heterocycles. The summed E-state index contributed by atoms with van der Waals surface area (Å²) in [6.45, 7) is 1.05. The van der Waals surface area contributed by atoms with Crippen LogP contribution in [-0.4, -0.2) is 42.1 Å². The molecule has 1 amide bonds. The number of rotatable bonds is 5. The van der Waals surface area contributed by atoms with Crippen molar-refractivity contribution in [1.29, 1.82) is 0 Å². The van der Waals surface area contributed by atoms with E-state index in [0.717, 1.165) is 11.1 Å². The van der Waals surface area contributed by atoms with Crippen LogP contribution in [-0.2, 0) is 27.3 Å². The summed E-state index contributed by atoms with van der Waals surface area (Å²) in [5.41, 5.74) is 1.74. The standard InChI is InChI=1S/C23H24FNO4/c24-19-8-6-16(7-9-19)10-22(26)18-11-20-14-28-15-21(12-18)25(20)23(27)29-13-17-4-2-1-3-5-17/h1-9,18,20-21H,10-15H2. The molecule has 5 nitrogen and oxygen atoms in total. The molecule has 2 aliphatic rings. The fraction of sp³-hybridized carbons (Fsp3) is 0.391. The first-order valence-electron chi connectivity index (χ1n) is 9.94. The van der Waals surface area contributed by atoms with Crippen LogP contribution in [0.5, 0.6) is 0 Å². The van der Waals surface area contributed by atoms with Crippen LogP contribution in [0.15, 0.2) is 54.6 Å². The molecule has 2 aliphatic heterocycles. The summed E-state index contributed by atoms with van der Waals surface area (Å²) in [6, 6.07) is 15.3. The SMILES string of the molecule is O=C(Cc1ccc(F)cc1)C1CC2COCC(C1)N2C(=O)OCc1ccccc1. The Balaban J connectivity index is 1.37. The molecule has 152 valence electrons. The van der Waals surface area contributed by atoms with E-state index in [2.05, 4.69) is 0 Å². The van der Waals surface area contributed by atoms with Crippen LogP contribution in [0, 0.1) is 11.7 Å². The summed E-state index contributed by atoms with van der Waals surface area (Å²) < 4.78 is 24.2. The molecule has 2 unspecified atom stereocenters. The molecule has 2 fully saturated rings. The fourth-order valence-electron chi connectivity index (χ4n) is 4.22. The maximum absolute atomic E-state index is 13.1. The number of fused-ring (bicyclic) bond motifs is 2. The van der Waals surface area contributed by atoms with Gasteiger partial charge in [-0.1, -0.05) is 42.5 Å². The number of ether oxygens (including phenoxy) is 2. The molecule has 0 N–H and O–H groups in total. The van der Waals surface area contributed by atoms with Gasteiger partial charge >= 0.3 is 6.09 Å². The molecular weight excluding hydrogens is 373 g/mol. The number of piperidine rings is 1. The van der Waals surface area contributed by atoms with Gasteiger partial charge in [0, 0.05) is 12.3 Å². The number of hydrogen-bond donors (Lipinski definition) is 0. The number of carbonyl (C=O) groups is 2. The minimum Gasteiger partial charge on any atom is -0.445 e. The van der Waals surface area contributed by atoms with Crippen LogP contribution >= 0.6 is 0 Å². The second-order valence-corrected chi connectivity index (χ2v) is 7.73. The monoisotopic (exact) mass is 397 g/mol. The van der Waals surface area contributed by atoms with E-state index in [9.17, 15) is 14.0 Å². The average molecular weight is 397 g/mol. The lowest BCUT2D eigenvalue weighted by molar-refractivity contribution is -0.130. The summed E-state index contributed by atoms with van der Waals surface area (Å²) in [7, 11) is 0. The Morgan fingerprint density at radius 1 is 0.966 bits per heavy atom. The van der Waals surface area contributed by atoms with E-state index in [4.69, 9.17) is 9.47 Å². The van der Waals surface area contributed by atoms with Crippen LogP contribution in [0.2, 0.25) is 0 Å². The van der Waals surface area contributed by atoms with E-state index in [1.807, 2.05) is 30.3 Å². The van der Waals surface area contributed by atoms with Crippen LogP contribution in [0.25, 0.3) is 0 Å². The van der Waals surface area contributed by atoms with Gasteiger partial charge in [0.1, 0.15) is 18.2 Å². The van der Waals surface area contributed by atoms with Crippen molar-refractivity contribution < 1.29 is 23.5 Å². The van der Waals surface area contributed by atoms with E-state index in [0.29, 0.717) is 26.1 Å². The van der Waals surface area contributed by atoms with E-state index >= 15 is 0 Å². The van der Waals surface area contributed by atoms with Crippen molar-refractivity contribution in [3.05, 3.63) is 71.5 Å². The Bertz CT molecular complexity index is 841. The molecule has 6 heteroatoms. The lowest BCUT2D eigenvalue weighted by Crippen LogP contribution is -2.60. The first kappa shape index (κ1) is 19.6. The van der Waals surface area contributed by atoms with E-state index in [-0.39, 0.29) is 48.7 Å². The van der Waals surface area contributed by atoms with Crippen molar-refractivity contribution >= 4 is 11.9 Å². The Morgan fingerprint density at radius 2 is 1.62 bits per heavy atom. The van der Waals surface area contributed by atoms with E-state index in [1.54, 1.807) is 17.0 Å². The third-order valence-corrected chi connectivity index (χ3v) is 5.68. The molecule has 29 heavy (non-hydrogen) atoms. The zero-order valence-electron chi connectivity index (χ0n) is 16.1. The van der Waals surface area contributed by atoms with Gasteiger partial charge in [-0.25, -0.2) is 9.18 Å². The first-order chi connectivity index (χ1) is 14.1. The summed E-state index contributed by atoms with van der Waals surface area (Å²) >= 11 is 0. The van der Waals surface area contributed by atoms with Gasteiger partial charge < -0.3 is 9.47 Å². The zero-order chi connectivity index (χ0) is 20.2. The Morgan fingerprint density at radius 3 is 2.28 bits per heavy atom. The number of ketones is 1. The van der Waals surface area contributed by atoms with Gasteiger partial charge in [-0.2, -0.15) is 0 Å². The molecule has 0 saturated carbocycles. The second kappa shape index (κ2) is 8.74. The molecule has 2 heterocycles. The van der Waals surface area contributed by atoms with Gasteiger partial charge in [0.15, 0.2) is 0 Å². The molecule has 0 spiro atoms. The average Bonchev–Trinajstić information content (AvgIpc) is 2.73. The molecule has 0 aromatic heterocycles. The highest BCUT2D eigenvalue weighted by molar-refractivity contribution is 5.84. The molecule has 2 aromatic carbocycles. The zero-order valence-corrected chi connectivity index (χ0v) is 16.1. The number of carbonyl (C=O) groups excluding carboxylic acids is 2. The Kier molecular flexibility index (Phi) is 5.90. The van der Waals surface area contributed by atoms with Crippen LogP contribution in [0.4, 0.5) is 9.18 Å². The van der Waals surface area contributed by atoms with E-state index in [1.165, 1.54) is 12.1 Å². The molecule has 0 aliphatic carbocycles. The predicted octanol–water partition coefficient (Wildman–Crippen LogP) is 3.75. The van der Waals surface area contributed by atoms with Crippen LogP contribution < -0.4 is 0 Å². The Labute approximate surface area is 169 Å². The van der Waals surface area contributed by atoms with Crippen LogP contribution in [0.3, 0.4) is 0 Å². The Hall–Kier alpha value is -2.73. The number of amides is 1. The second-order valence-electron chi connectivity index (χ2n) is 7.73. The van der Waals surface area contributed by atoms with Gasteiger partial charge in [0.25, 0.3) is 0 Å². The topological polar surface area (TPSA) is 55.8 Å². The molecule has 2 atom stereocenters. The number of halogens is 1. The fourth-order valence-corrected chi connectivity index (χ4v) is 4.22. The quantitative estimate of drug-likeness (QED) is 0.771. The predicted molar refractivity (Wildman–Crippen MR) is 105 cm³/mol. The number of benzene rings is 2. The largest absolute Gasteiger partial charge is 0.445 e. The van der Waals surface area contributed by atoms with Crippen LogP contribution in [0.1, 0.15) is 24.0 Å². The highest BCUT2D eigenvalue weighted by atomic mass is 19.1. The van der Waals surface area contributed by atoms with E-state index < -0.39 is 0 Å². The molecule has 2 bridgehead atoms. The van der Waals surface area contributed by atoms with Crippen molar-refractivity contribution in [3.8, 4) is 0 Å². The summed E-state index contributed by atoms with van der Waals surface area (Å²) in [6.07, 6.45) is 1.06. The highest BCUT2D eigenvalue weighted by Gasteiger charge is 2.44. The third-order valence-electron chi connectivity index (χ3n) is 5.68. The molecule has 2 aromatic rings. The number of hydrogen-bond acceptors (Lipinski definition) is 4. The van der Waals surface area contributed by atoms with Gasteiger partial charge in [0.2, 0.25) is 0 Å². The first-order valence-corrected chi connectivity index (χ1v) is 9.94. The molecular formula is C23H24FNO4. The van der Waals surface area contributed by atoms with Crippen molar-refractivity contribution in [3.63, 3.8) is 0 Å². The lowest BCUT2D eigenvalue weighted by Gasteiger charge is -2.47. The van der Waals surface area contributed by atoms with Crippen molar-refractivity contribution in [2.45, 2.75) is 38.0 Å². The van der Waals surface area contributed by atoms with Crippen molar-refractivity contribution in [2.75, 3.05) is 13.2 Å². The molecule has 4 rings (SSSR count). The van der Waals surface area contributed by atoms with Crippen molar-refractivity contribution in [1.82, 2.24) is 4.90 Å². The van der Waals surface area contributed by atoms with Gasteiger partial charge in [0.05, 0.1) is 25.3 Å². The minimum absolute atomic E-state index is 0.128. The summed E-state index contributed by atoms with van der Waals surface area (Å²) in [5.74, 6) is -0.307. The lowest BCUT2D eigenvalue weighted by atomic mass is 9.81. The normalized spacial score (nSPS) is 23.5. The van der Waals surface area contributed by atoms with Gasteiger partial charge in [-0.3, -0.25) is 9.69 Å². The maximum atomic E-state index is 13.1. The van der Waals surface area contributed by atoms with Gasteiger partial charge in [-0.15, -0.1) is 0 Å². The third kappa shape index (κ3) is 4.65. The smallest absolute Gasteiger partial charge is 0.410 e. The highest BCUT2D eigenvalue weighted by Crippen LogP contribution is 2.33. The number of Topliss-reactive ketones (excluding diaryl/α,β-unsaturated/α-hetero) is 1. The summed E-state index contributed by atoms with van der Waals surface area (Å²) in [5, 5.41) is 0. The molecule has 0 radical (unpaired) electrons. The maximum Gasteiger partial charge on any atom is 0.410 e. The summed E-state index contributed by atoms with van der Waals surface area (Å²) in [4.78, 5) is 27.3.